The predicted molar refractivity (Wildman–Crippen MR) is 95.5 cm³/mol. The third-order valence-electron chi connectivity index (χ3n) is 3.43. The van der Waals surface area contributed by atoms with Gasteiger partial charge in [0.05, 0.1) is 10.7 Å². The number of thiazole rings is 1. The van der Waals surface area contributed by atoms with Crippen molar-refractivity contribution in [3.63, 3.8) is 0 Å². The Morgan fingerprint density at radius 2 is 2.14 bits per heavy atom. The summed E-state index contributed by atoms with van der Waals surface area (Å²) in [5.74, 6) is 0. The van der Waals surface area contributed by atoms with Crippen LogP contribution in [-0.2, 0) is 6.42 Å². The van der Waals surface area contributed by atoms with Crippen molar-refractivity contribution < 1.29 is 0 Å². The highest BCUT2D eigenvalue weighted by molar-refractivity contribution is 9.10. The largest absolute Gasteiger partial charge is 0.310 e. The van der Waals surface area contributed by atoms with Crippen LogP contribution >= 0.6 is 38.9 Å². The molecule has 0 aliphatic carbocycles. The van der Waals surface area contributed by atoms with Crippen LogP contribution in [0.2, 0.25) is 5.02 Å². The number of aryl methyl sites for hydroxylation is 2. The molecule has 2 aromatic rings. The molecule has 0 amide bonds. The molecule has 1 aromatic heterocycles. The van der Waals surface area contributed by atoms with Gasteiger partial charge in [-0.3, -0.25) is 0 Å². The Labute approximate surface area is 144 Å². The molecule has 0 spiro atoms. The number of nitrogens with one attached hydrogen (secondary N) is 1. The molecule has 5 heteroatoms. The minimum Gasteiger partial charge on any atom is -0.310 e. The van der Waals surface area contributed by atoms with Crippen LogP contribution in [0.15, 0.2) is 22.7 Å². The van der Waals surface area contributed by atoms with Crippen LogP contribution in [0.1, 0.15) is 40.5 Å². The summed E-state index contributed by atoms with van der Waals surface area (Å²) in [5.41, 5.74) is 2.37. The first-order valence-electron chi connectivity index (χ1n) is 7.12. The summed E-state index contributed by atoms with van der Waals surface area (Å²) in [4.78, 5) is 5.97. The molecule has 0 saturated heterocycles. The first-order chi connectivity index (χ1) is 10.0. The van der Waals surface area contributed by atoms with Crippen molar-refractivity contribution in [3.8, 4) is 0 Å². The number of rotatable bonds is 6. The Morgan fingerprint density at radius 1 is 1.38 bits per heavy atom. The molecule has 0 bridgehead atoms. The van der Waals surface area contributed by atoms with Gasteiger partial charge in [-0.1, -0.05) is 40.5 Å². The summed E-state index contributed by atoms with van der Waals surface area (Å²) in [6.45, 7) is 7.37. The molecular weight excluding hydrogens is 368 g/mol. The fourth-order valence-corrected chi connectivity index (χ4v) is 4.13. The fraction of sp³-hybridized carbons (Fsp3) is 0.438. The molecule has 1 unspecified atom stereocenters. The topological polar surface area (TPSA) is 24.9 Å². The van der Waals surface area contributed by atoms with Gasteiger partial charge < -0.3 is 5.32 Å². The lowest BCUT2D eigenvalue weighted by Gasteiger charge is -2.19. The molecule has 1 atom stereocenters. The quantitative estimate of drug-likeness (QED) is 0.712. The Balaban J connectivity index is 2.24. The lowest BCUT2D eigenvalue weighted by Crippen LogP contribution is -2.24. The zero-order chi connectivity index (χ0) is 15.4. The second-order valence-electron chi connectivity index (χ2n) is 5.13. The summed E-state index contributed by atoms with van der Waals surface area (Å²) < 4.78 is 1.05. The zero-order valence-electron chi connectivity index (χ0n) is 12.5. The standard InChI is InChI=1S/C16H20BrClN2S/c1-4-7-19-15(9-16-20-10(2)11(3)21-16)13-6-5-12(18)8-14(13)17/h5-6,8,15,19H,4,7,9H2,1-3H3. The number of hydrogen-bond donors (Lipinski definition) is 1. The predicted octanol–water partition coefficient (Wildman–Crippen LogP) is 5.46. The highest BCUT2D eigenvalue weighted by atomic mass is 79.9. The lowest BCUT2D eigenvalue weighted by molar-refractivity contribution is 0.526. The maximum Gasteiger partial charge on any atom is 0.0949 e. The molecule has 114 valence electrons. The molecule has 0 aliphatic heterocycles. The van der Waals surface area contributed by atoms with E-state index >= 15 is 0 Å². The van der Waals surface area contributed by atoms with E-state index in [1.165, 1.54) is 15.4 Å². The molecule has 1 heterocycles. The van der Waals surface area contributed by atoms with Crippen LogP contribution in [-0.4, -0.2) is 11.5 Å². The molecule has 0 aliphatic rings. The van der Waals surface area contributed by atoms with Gasteiger partial charge in [-0.15, -0.1) is 11.3 Å². The van der Waals surface area contributed by atoms with Crippen LogP contribution in [0.25, 0.3) is 0 Å². The van der Waals surface area contributed by atoms with Crippen molar-refractivity contribution in [2.45, 2.75) is 39.7 Å². The fourth-order valence-electron chi connectivity index (χ4n) is 2.20. The average Bonchev–Trinajstić information content (AvgIpc) is 2.74. The van der Waals surface area contributed by atoms with E-state index in [-0.39, 0.29) is 6.04 Å². The van der Waals surface area contributed by atoms with Crippen LogP contribution in [0.5, 0.6) is 0 Å². The number of benzene rings is 1. The average molecular weight is 388 g/mol. The summed E-state index contributed by atoms with van der Waals surface area (Å²) >= 11 is 11.5. The molecule has 1 N–H and O–H groups in total. The molecule has 2 rings (SSSR count). The summed E-state index contributed by atoms with van der Waals surface area (Å²) in [7, 11) is 0. The lowest BCUT2D eigenvalue weighted by atomic mass is 10.0. The van der Waals surface area contributed by atoms with Gasteiger partial charge in [-0.25, -0.2) is 4.98 Å². The van der Waals surface area contributed by atoms with Gasteiger partial charge in [-0.05, 0) is 44.5 Å². The zero-order valence-corrected chi connectivity index (χ0v) is 15.7. The number of hydrogen-bond acceptors (Lipinski definition) is 3. The highest BCUT2D eigenvalue weighted by Gasteiger charge is 2.17. The first kappa shape index (κ1) is 16.9. The van der Waals surface area contributed by atoms with E-state index in [0.717, 1.165) is 34.6 Å². The number of halogens is 2. The Kier molecular flexibility index (Phi) is 6.23. The Morgan fingerprint density at radius 3 is 2.71 bits per heavy atom. The maximum absolute atomic E-state index is 6.05. The van der Waals surface area contributed by atoms with E-state index in [9.17, 15) is 0 Å². The minimum atomic E-state index is 0.251. The van der Waals surface area contributed by atoms with Crippen molar-refractivity contribution in [1.29, 1.82) is 0 Å². The van der Waals surface area contributed by atoms with Crippen molar-refractivity contribution >= 4 is 38.9 Å². The van der Waals surface area contributed by atoms with Gasteiger partial charge in [0.15, 0.2) is 0 Å². The maximum atomic E-state index is 6.05. The summed E-state index contributed by atoms with van der Waals surface area (Å²) in [5, 5.41) is 5.55. The second kappa shape index (κ2) is 7.73. The van der Waals surface area contributed by atoms with E-state index in [0.29, 0.717) is 0 Å². The monoisotopic (exact) mass is 386 g/mol. The van der Waals surface area contributed by atoms with Gasteiger partial charge in [-0.2, -0.15) is 0 Å². The number of aromatic nitrogens is 1. The van der Waals surface area contributed by atoms with E-state index in [4.69, 9.17) is 11.6 Å². The highest BCUT2D eigenvalue weighted by Crippen LogP contribution is 2.30. The van der Waals surface area contributed by atoms with Gasteiger partial charge in [0, 0.05) is 26.8 Å². The smallest absolute Gasteiger partial charge is 0.0949 e. The van der Waals surface area contributed by atoms with Crippen LogP contribution < -0.4 is 5.32 Å². The van der Waals surface area contributed by atoms with E-state index < -0.39 is 0 Å². The molecule has 1 aromatic carbocycles. The minimum absolute atomic E-state index is 0.251. The van der Waals surface area contributed by atoms with Crippen LogP contribution in [0.3, 0.4) is 0 Å². The molecule has 0 radical (unpaired) electrons. The van der Waals surface area contributed by atoms with E-state index in [2.05, 4.69) is 53.1 Å². The van der Waals surface area contributed by atoms with E-state index in [1.807, 2.05) is 12.1 Å². The summed E-state index contributed by atoms with van der Waals surface area (Å²) in [6.07, 6.45) is 2.01. The first-order valence-corrected chi connectivity index (χ1v) is 9.11. The van der Waals surface area contributed by atoms with Gasteiger partial charge in [0.1, 0.15) is 0 Å². The summed E-state index contributed by atoms with van der Waals surface area (Å²) in [6, 6.07) is 6.24. The van der Waals surface area contributed by atoms with Crippen LogP contribution in [0, 0.1) is 13.8 Å². The Bertz CT molecular complexity index is 593. The van der Waals surface area contributed by atoms with Crippen molar-refractivity contribution in [2.24, 2.45) is 0 Å². The van der Waals surface area contributed by atoms with Gasteiger partial charge >= 0.3 is 0 Å². The van der Waals surface area contributed by atoms with E-state index in [1.54, 1.807) is 11.3 Å². The normalized spacial score (nSPS) is 12.6. The second-order valence-corrected chi connectivity index (χ2v) is 7.70. The third-order valence-corrected chi connectivity index (χ3v) is 5.45. The number of nitrogens with zero attached hydrogens (tertiary/aromatic N) is 1. The molecule has 2 nitrogen and oxygen atoms in total. The SMILES string of the molecule is CCCNC(Cc1nc(C)c(C)s1)c1ccc(Cl)cc1Br. The molecule has 21 heavy (non-hydrogen) atoms. The van der Waals surface area contributed by atoms with Gasteiger partial charge in [0.25, 0.3) is 0 Å². The van der Waals surface area contributed by atoms with Crippen molar-refractivity contribution in [2.75, 3.05) is 6.54 Å². The molecule has 0 fully saturated rings. The van der Waals surface area contributed by atoms with Gasteiger partial charge in [0.2, 0.25) is 0 Å². The Hall–Kier alpha value is -0.420. The molecule has 0 saturated carbocycles. The van der Waals surface area contributed by atoms with Crippen molar-refractivity contribution in [1.82, 2.24) is 10.3 Å². The molecular formula is C16H20BrClN2S. The van der Waals surface area contributed by atoms with Crippen LogP contribution in [0.4, 0.5) is 0 Å². The third kappa shape index (κ3) is 4.52. The van der Waals surface area contributed by atoms with Crippen molar-refractivity contribution in [3.05, 3.63) is 48.8 Å².